The monoisotopic (exact) mass is 381 g/mol. The van der Waals surface area contributed by atoms with E-state index in [1.807, 2.05) is 42.5 Å². The van der Waals surface area contributed by atoms with E-state index in [1.165, 1.54) is 10.1 Å². The predicted molar refractivity (Wildman–Crippen MR) is 110 cm³/mol. The number of nitrogens with one attached hydrogen (secondary N) is 2. The van der Waals surface area contributed by atoms with Crippen molar-refractivity contribution in [3.05, 3.63) is 93.4 Å². The minimum Gasteiger partial charge on any atom is -0.309 e. The highest BCUT2D eigenvalue weighted by Crippen LogP contribution is 2.16. The number of aryl methyl sites for hydroxylation is 1. The second-order valence-electron chi connectivity index (χ2n) is 6.08. The molecule has 0 saturated carbocycles. The van der Waals surface area contributed by atoms with Gasteiger partial charge in [0.2, 0.25) is 0 Å². The fourth-order valence-corrected chi connectivity index (χ4v) is 2.87. The maximum Gasteiger partial charge on any atom is 0.323 e. The average Bonchev–Trinajstić information content (AvgIpc) is 2.67. The van der Waals surface area contributed by atoms with Crippen molar-refractivity contribution in [2.45, 2.75) is 19.9 Å². The molecule has 0 fully saturated rings. The second-order valence-corrected chi connectivity index (χ2v) is 6.48. The van der Waals surface area contributed by atoms with Crippen molar-refractivity contribution in [3.8, 4) is 0 Å². The largest absolute Gasteiger partial charge is 0.323 e. The van der Waals surface area contributed by atoms with Gasteiger partial charge in [-0.2, -0.15) is 0 Å². The summed E-state index contributed by atoms with van der Waals surface area (Å²) in [5, 5.41) is 5.93. The number of carbonyl (C=O) groups excluding carboxylic acids is 1. The zero-order valence-corrected chi connectivity index (χ0v) is 15.7. The zero-order chi connectivity index (χ0) is 19.2. The van der Waals surface area contributed by atoms with Gasteiger partial charge in [-0.25, -0.2) is 4.79 Å². The molecular formula is C21H20ClN3O2. The molecule has 1 heterocycles. The summed E-state index contributed by atoms with van der Waals surface area (Å²) < 4.78 is 1.51. The molecule has 2 aromatic carbocycles. The summed E-state index contributed by atoms with van der Waals surface area (Å²) in [5.74, 6) is 0. The number of hydrogen-bond donors (Lipinski definition) is 2. The van der Waals surface area contributed by atoms with Crippen LogP contribution in [0.3, 0.4) is 0 Å². The molecule has 6 heteroatoms. The molecule has 3 rings (SSSR count). The van der Waals surface area contributed by atoms with Crippen molar-refractivity contribution < 1.29 is 4.79 Å². The van der Waals surface area contributed by atoms with Gasteiger partial charge >= 0.3 is 6.03 Å². The van der Waals surface area contributed by atoms with E-state index < -0.39 is 6.03 Å². The van der Waals surface area contributed by atoms with Crippen LogP contribution in [-0.4, -0.2) is 10.6 Å². The number of amides is 2. The van der Waals surface area contributed by atoms with Gasteiger partial charge in [-0.1, -0.05) is 48.9 Å². The fraction of sp³-hybridized carbons (Fsp3) is 0.143. The van der Waals surface area contributed by atoms with Gasteiger partial charge < -0.3 is 15.2 Å². The Morgan fingerprint density at radius 2 is 1.74 bits per heavy atom. The lowest BCUT2D eigenvalue weighted by Gasteiger charge is -2.11. The third-order valence-electron chi connectivity index (χ3n) is 4.19. The van der Waals surface area contributed by atoms with Crippen molar-refractivity contribution in [1.29, 1.82) is 0 Å². The van der Waals surface area contributed by atoms with Crippen LogP contribution >= 0.6 is 11.6 Å². The predicted octanol–water partition coefficient (Wildman–Crippen LogP) is 4.76. The Labute approximate surface area is 162 Å². The van der Waals surface area contributed by atoms with Crippen molar-refractivity contribution in [1.82, 2.24) is 4.57 Å². The van der Waals surface area contributed by atoms with Gasteiger partial charge in [0, 0.05) is 16.9 Å². The molecule has 0 radical (unpaired) electrons. The average molecular weight is 382 g/mol. The Morgan fingerprint density at radius 1 is 1.00 bits per heavy atom. The van der Waals surface area contributed by atoms with Crippen LogP contribution in [0, 0.1) is 0 Å². The lowest BCUT2D eigenvalue weighted by atomic mass is 10.1. The Bertz CT molecular complexity index is 997. The van der Waals surface area contributed by atoms with Crippen molar-refractivity contribution >= 4 is 29.0 Å². The number of carbonyl (C=O) groups is 1. The van der Waals surface area contributed by atoms with Crippen molar-refractivity contribution in [2.24, 2.45) is 0 Å². The highest BCUT2D eigenvalue weighted by atomic mass is 35.5. The number of hydrogen-bond acceptors (Lipinski definition) is 2. The molecule has 2 N–H and O–H groups in total. The molecular weight excluding hydrogens is 362 g/mol. The quantitative estimate of drug-likeness (QED) is 0.669. The first kappa shape index (κ1) is 18.7. The van der Waals surface area contributed by atoms with Gasteiger partial charge in [0.25, 0.3) is 5.56 Å². The number of pyridine rings is 1. The van der Waals surface area contributed by atoms with Crippen LogP contribution in [0.1, 0.15) is 18.1 Å². The molecule has 2 amide bonds. The first-order valence-electron chi connectivity index (χ1n) is 8.66. The van der Waals surface area contributed by atoms with Crippen LogP contribution in [0.15, 0.2) is 71.7 Å². The maximum absolute atomic E-state index is 12.6. The van der Waals surface area contributed by atoms with Crippen LogP contribution < -0.4 is 16.2 Å². The minimum atomic E-state index is -0.466. The van der Waals surface area contributed by atoms with E-state index in [1.54, 1.807) is 24.4 Å². The standard InChI is InChI=1S/C21H20ClN3O2/c1-2-15-9-11-17(12-10-15)23-21(27)24-19-8-5-13-25(20(19)26)14-16-6-3-4-7-18(16)22/h3-13H,2,14H2,1H3,(H2,23,24,27). The summed E-state index contributed by atoms with van der Waals surface area (Å²) in [5.41, 5.74) is 2.59. The fourth-order valence-electron chi connectivity index (χ4n) is 2.68. The molecule has 0 aliphatic carbocycles. The van der Waals surface area contributed by atoms with E-state index in [4.69, 9.17) is 11.6 Å². The van der Waals surface area contributed by atoms with Gasteiger partial charge in [0.05, 0.1) is 6.54 Å². The van der Waals surface area contributed by atoms with Crippen LogP contribution in [0.5, 0.6) is 0 Å². The first-order chi connectivity index (χ1) is 13.1. The number of rotatable bonds is 5. The van der Waals surface area contributed by atoms with Crippen LogP contribution in [0.4, 0.5) is 16.2 Å². The van der Waals surface area contributed by atoms with Gasteiger partial charge in [-0.3, -0.25) is 4.79 Å². The van der Waals surface area contributed by atoms with Gasteiger partial charge in [0.1, 0.15) is 5.69 Å². The van der Waals surface area contributed by atoms with Crippen molar-refractivity contribution in [3.63, 3.8) is 0 Å². The van der Waals surface area contributed by atoms with E-state index in [0.29, 0.717) is 17.3 Å². The molecule has 0 spiro atoms. The Morgan fingerprint density at radius 3 is 2.44 bits per heavy atom. The normalized spacial score (nSPS) is 10.4. The Balaban J connectivity index is 1.72. The van der Waals surface area contributed by atoms with Crippen LogP contribution in [0.2, 0.25) is 5.02 Å². The summed E-state index contributed by atoms with van der Waals surface area (Å²) in [6, 6.07) is 17.7. The molecule has 27 heavy (non-hydrogen) atoms. The highest BCUT2D eigenvalue weighted by molar-refractivity contribution is 6.31. The van der Waals surface area contributed by atoms with Gasteiger partial charge in [-0.05, 0) is 47.9 Å². The number of urea groups is 1. The number of halogens is 1. The highest BCUT2D eigenvalue weighted by Gasteiger charge is 2.09. The summed E-state index contributed by atoms with van der Waals surface area (Å²) in [6.45, 7) is 2.40. The summed E-state index contributed by atoms with van der Waals surface area (Å²) in [7, 11) is 0. The van der Waals surface area contributed by atoms with E-state index in [0.717, 1.165) is 12.0 Å². The molecule has 1 aromatic heterocycles. The van der Waals surface area contributed by atoms with E-state index >= 15 is 0 Å². The summed E-state index contributed by atoms with van der Waals surface area (Å²) in [4.78, 5) is 24.9. The third-order valence-corrected chi connectivity index (χ3v) is 4.56. The Kier molecular flexibility index (Phi) is 5.94. The molecule has 138 valence electrons. The topological polar surface area (TPSA) is 63.1 Å². The number of aromatic nitrogens is 1. The minimum absolute atomic E-state index is 0.201. The smallest absolute Gasteiger partial charge is 0.309 e. The zero-order valence-electron chi connectivity index (χ0n) is 14.9. The third kappa shape index (κ3) is 4.77. The maximum atomic E-state index is 12.6. The SMILES string of the molecule is CCc1ccc(NC(=O)Nc2cccn(Cc3ccccc3Cl)c2=O)cc1. The van der Waals surface area contributed by atoms with Crippen LogP contribution in [-0.2, 0) is 13.0 Å². The molecule has 3 aromatic rings. The molecule has 0 aliphatic rings. The number of nitrogens with zero attached hydrogens (tertiary/aromatic N) is 1. The van der Waals surface area contributed by atoms with Crippen molar-refractivity contribution in [2.75, 3.05) is 10.6 Å². The van der Waals surface area contributed by atoms with Gasteiger partial charge in [0.15, 0.2) is 0 Å². The lowest BCUT2D eigenvalue weighted by Crippen LogP contribution is -2.28. The first-order valence-corrected chi connectivity index (χ1v) is 9.04. The Hall–Kier alpha value is -3.05. The van der Waals surface area contributed by atoms with Crippen LogP contribution in [0.25, 0.3) is 0 Å². The van der Waals surface area contributed by atoms with E-state index in [-0.39, 0.29) is 11.2 Å². The number of anilines is 2. The molecule has 0 aliphatic heterocycles. The summed E-state index contributed by atoms with van der Waals surface area (Å²) in [6.07, 6.45) is 2.60. The van der Waals surface area contributed by atoms with Gasteiger partial charge in [-0.15, -0.1) is 0 Å². The summed E-state index contributed by atoms with van der Waals surface area (Å²) >= 11 is 6.17. The van der Waals surface area contributed by atoms with E-state index in [9.17, 15) is 9.59 Å². The molecule has 0 atom stereocenters. The molecule has 0 unspecified atom stereocenters. The van der Waals surface area contributed by atoms with E-state index in [2.05, 4.69) is 17.6 Å². The number of benzene rings is 2. The second kappa shape index (κ2) is 8.56. The molecule has 0 saturated heterocycles. The molecule has 5 nitrogen and oxygen atoms in total. The lowest BCUT2D eigenvalue weighted by molar-refractivity contribution is 0.262. The molecule has 0 bridgehead atoms.